The van der Waals surface area contributed by atoms with E-state index in [-0.39, 0.29) is 32.3 Å². The van der Waals surface area contributed by atoms with E-state index in [4.69, 9.17) is 14.6 Å². The predicted octanol–water partition coefficient (Wildman–Crippen LogP) is 1.58. The third-order valence-electron chi connectivity index (χ3n) is 7.22. The first kappa shape index (κ1) is 27.1. The molecule has 2 aliphatic rings. The molecule has 0 radical (unpaired) electrons. The monoisotopic (exact) mass is 480 g/mol. The van der Waals surface area contributed by atoms with Crippen LogP contribution >= 0.6 is 0 Å². The maximum Gasteiger partial charge on any atom is 0.232 e. The highest BCUT2D eigenvalue weighted by Gasteiger charge is 2.57. The van der Waals surface area contributed by atoms with Gasteiger partial charge in [0.1, 0.15) is 24.1 Å². The van der Waals surface area contributed by atoms with Gasteiger partial charge in [-0.25, -0.2) is 0 Å². The van der Waals surface area contributed by atoms with Crippen LogP contribution in [0.4, 0.5) is 0 Å². The van der Waals surface area contributed by atoms with Crippen LogP contribution in [-0.4, -0.2) is 79.2 Å². The number of aliphatic hydroxyl groups excluding tert-OH is 4. The van der Waals surface area contributed by atoms with E-state index < -0.39 is 41.9 Å². The molecule has 0 aromatic heterocycles. The van der Waals surface area contributed by atoms with Gasteiger partial charge in [0.25, 0.3) is 0 Å². The van der Waals surface area contributed by atoms with Gasteiger partial charge in [0.15, 0.2) is 5.60 Å². The van der Waals surface area contributed by atoms with Gasteiger partial charge in [-0.1, -0.05) is 37.5 Å². The molecule has 8 heteroatoms. The summed E-state index contributed by atoms with van der Waals surface area (Å²) in [6.45, 7) is 3.58. The van der Waals surface area contributed by atoms with Gasteiger partial charge < -0.3 is 40.1 Å². The molecular formula is C26H40O8. The van der Waals surface area contributed by atoms with Crippen molar-refractivity contribution in [3.8, 4) is 5.75 Å². The van der Waals surface area contributed by atoms with Crippen molar-refractivity contribution in [2.24, 2.45) is 0 Å². The largest absolute Gasteiger partial charge is 0.462 e. The first-order valence-electron chi connectivity index (χ1n) is 12.3. The number of allylic oxidation sites excluding steroid dienone is 1. The summed E-state index contributed by atoms with van der Waals surface area (Å²) in [5, 5.41) is 63.9. The Kier molecular flexibility index (Phi) is 9.51. The lowest BCUT2D eigenvalue weighted by molar-refractivity contribution is -0.332. The standard InChI is InChI=1S/C26H40O8/c1-2-7-18-9-11-19(12-10-18)33-24-26(32,16-15-25(31)13-4-3-5-14-25)23(30)21(29)22(34-24)20(28)8-6-17-27/h2,9-12,20-24,27-32H,1,3-8,13-17H2/t20-,21+,22+,23-,24-,26+/m0/s1. The Morgan fingerprint density at radius 2 is 1.76 bits per heavy atom. The van der Waals surface area contributed by atoms with Crippen LogP contribution in [0.2, 0.25) is 0 Å². The minimum Gasteiger partial charge on any atom is -0.462 e. The molecular weight excluding hydrogens is 440 g/mol. The maximum atomic E-state index is 11.6. The van der Waals surface area contributed by atoms with E-state index in [1.807, 2.05) is 12.1 Å². The van der Waals surface area contributed by atoms with Crippen molar-refractivity contribution in [2.45, 2.75) is 106 Å². The average molecular weight is 481 g/mol. The third kappa shape index (κ3) is 6.37. The van der Waals surface area contributed by atoms with E-state index in [1.165, 1.54) is 0 Å². The zero-order valence-corrected chi connectivity index (χ0v) is 19.8. The number of hydrogen-bond acceptors (Lipinski definition) is 8. The van der Waals surface area contributed by atoms with Crippen molar-refractivity contribution in [3.05, 3.63) is 42.5 Å². The summed E-state index contributed by atoms with van der Waals surface area (Å²) in [5.74, 6) is 0.389. The number of hydrogen-bond donors (Lipinski definition) is 6. The van der Waals surface area contributed by atoms with Crippen molar-refractivity contribution < 1.29 is 40.1 Å². The molecule has 8 nitrogen and oxygen atoms in total. The zero-order valence-electron chi connectivity index (χ0n) is 19.8. The summed E-state index contributed by atoms with van der Waals surface area (Å²) in [7, 11) is 0. The Labute approximate surface area is 201 Å². The molecule has 1 aliphatic carbocycles. The van der Waals surface area contributed by atoms with Gasteiger partial charge in [0.2, 0.25) is 6.29 Å². The molecule has 0 bridgehead atoms. The summed E-state index contributed by atoms with van der Waals surface area (Å²) >= 11 is 0. The molecule has 0 amide bonds. The molecule has 2 fully saturated rings. The predicted molar refractivity (Wildman–Crippen MR) is 126 cm³/mol. The maximum absolute atomic E-state index is 11.6. The van der Waals surface area contributed by atoms with E-state index in [0.29, 0.717) is 25.0 Å². The Morgan fingerprint density at radius 3 is 2.38 bits per heavy atom. The molecule has 1 aromatic rings. The van der Waals surface area contributed by atoms with Crippen LogP contribution in [0, 0.1) is 0 Å². The second-order valence-corrected chi connectivity index (χ2v) is 9.83. The molecule has 1 saturated heterocycles. The van der Waals surface area contributed by atoms with Crippen molar-refractivity contribution in [1.29, 1.82) is 0 Å². The van der Waals surface area contributed by atoms with Gasteiger partial charge in [-0.2, -0.15) is 0 Å². The van der Waals surface area contributed by atoms with Crippen LogP contribution in [0.15, 0.2) is 36.9 Å². The summed E-state index contributed by atoms with van der Waals surface area (Å²) in [4.78, 5) is 0. The first-order chi connectivity index (χ1) is 16.2. The lowest BCUT2D eigenvalue weighted by Gasteiger charge is -2.49. The molecule has 3 rings (SSSR count). The highest BCUT2D eigenvalue weighted by Crippen LogP contribution is 2.40. The minimum atomic E-state index is -2.01. The van der Waals surface area contributed by atoms with Crippen molar-refractivity contribution in [1.82, 2.24) is 0 Å². The SMILES string of the molecule is C=CCc1ccc(O[C@H]2O[C@H]([C@@H](O)CCCO)[C@@H](O)[C@H](O)[C@]2(O)CCC2(O)CCCCC2)cc1. The lowest BCUT2D eigenvalue weighted by Crippen LogP contribution is -2.69. The number of ether oxygens (including phenoxy) is 2. The summed E-state index contributed by atoms with van der Waals surface area (Å²) < 4.78 is 11.9. The first-order valence-corrected chi connectivity index (χ1v) is 12.3. The second kappa shape index (κ2) is 11.9. The molecule has 1 heterocycles. The lowest BCUT2D eigenvalue weighted by atomic mass is 9.75. The average Bonchev–Trinajstić information content (AvgIpc) is 2.83. The molecule has 1 aliphatic heterocycles. The van der Waals surface area contributed by atoms with Crippen molar-refractivity contribution >= 4 is 0 Å². The van der Waals surface area contributed by atoms with Gasteiger partial charge in [-0.15, -0.1) is 6.58 Å². The fourth-order valence-electron chi connectivity index (χ4n) is 5.02. The highest BCUT2D eigenvalue weighted by atomic mass is 16.7. The molecule has 0 unspecified atom stereocenters. The molecule has 6 atom stereocenters. The van der Waals surface area contributed by atoms with E-state index >= 15 is 0 Å². The molecule has 34 heavy (non-hydrogen) atoms. The molecule has 6 N–H and O–H groups in total. The van der Waals surface area contributed by atoms with Crippen LogP contribution in [0.1, 0.15) is 63.4 Å². The third-order valence-corrected chi connectivity index (χ3v) is 7.22. The second-order valence-electron chi connectivity index (χ2n) is 9.83. The normalized spacial score (nSPS) is 32.2. The number of benzene rings is 1. The summed E-state index contributed by atoms with van der Waals surface area (Å²) in [5.41, 5.74) is -1.94. The molecule has 192 valence electrons. The quantitative estimate of drug-likeness (QED) is 0.262. The number of rotatable bonds is 11. The van der Waals surface area contributed by atoms with E-state index in [9.17, 15) is 25.5 Å². The molecule has 1 saturated carbocycles. The van der Waals surface area contributed by atoms with Crippen LogP contribution in [0.25, 0.3) is 0 Å². The van der Waals surface area contributed by atoms with Gasteiger partial charge in [-0.05, 0) is 62.6 Å². The van der Waals surface area contributed by atoms with Gasteiger partial charge in [0, 0.05) is 6.61 Å². The van der Waals surface area contributed by atoms with Crippen LogP contribution in [0.5, 0.6) is 5.75 Å². The summed E-state index contributed by atoms with van der Waals surface area (Å²) in [6.07, 6.45) is 0.0995. The van der Waals surface area contributed by atoms with Crippen LogP contribution in [0.3, 0.4) is 0 Å². The highest BCUT2D eigenvalue weighted by molar-refractivity contribution is 5.28. The zero-order chi connectivity index (χ0) is 24.8. The van der Waals surface area contributed by atoms with Gasteiger partial charge >= 0.3 is 0 Å². The Bertz CT molecular complexity index is 763. The smallest absolute Gasteiger partial charge is 0.232 e. The summed E-state index contributed by atoms with van der Waals surface area (Å²) in [6, 6.07) is 7.13. The van der Waals surface area contributed by atoms with Gasteiger partial charge in [-0.3, -0.25) is 0 Å². The van der Waals surface area contributed by atoms with E-state index in [1.54, 1.807) is 18.2 Å². The molecule has 0 spiro atoms. The topological polar surface area (TPSA) is 140 Å². The number of aliphatic hydroxyl groups is 6. The van der Waals surface area contributed by atoms with Gasteiger partial charge in [0.05, 0.1) is 11.7 Å². The minimum absolute atomic E-state index is 0.0552. The fourth-order valence-corrected chi connectivity index (χ4v) is 5.02. The van der Waals surface area contributed by atoms with Crippen LogP contribution in [-0.2, 0) is 11.2 Å². The molecule has 1 aromatic carbocycles. The van der Waals surface area contributed by atoms with E-state index in [0.717, 1.165) is 24.8 Å². The Hall–Kier alpha value is -1.52. The van der Waals surface area contributed by atoms with E-state index in [2.05, 4.69) is 6.58 Å². The van der Waals surface area contributed by atoms with Crippen molar-refractivity contribution in [3.63, 3.8) is 0 Å². The van der Waals surface area contributed by atoms with Crippen molar-refractivity contribution in [2.75, 3.05) is 6.61 Å². The fraction of sp³-hybridized carbons (Fsp3) is 0.692. The Balaban J connectivity index is 1.82. The van der Waals surface area contributed by atoms with Crippen LogP contribution < -0.4 is 4.74 Å². The Morgan fingerprint density at radius 1 is 1.09 bits per heavy atom.